The molecule has 0 radical (unpaired) electrons. The fourth-order valence-corrected chi connectivity index (χ4v) is 2.21. The average Bonchev–Trinajstić information content (AvgIpc) is 2.54. The fraction of sp³-hybridized carbons (Fsp3) is 0.389. The summed E-state index contributed by atoms with van der Waals surface area (Å²) in [5, 5.41) is 0. The van der Waals surface area contributed by atoms with Crippen LogP contribution in [0.3, 0.4) is 0 Å². The van der Waals surface area contributed by atoms with Gasteiger partial charge in [-0.2, -0.15) is 0 Å². The molecule has 2 atom stereocenters. The number of nitrogens with zero attached hydrogens (tertiary/aromatic N) is 1. The van der Waals surface area contributed by atoms with Crippen molar-refractivity contribution in [2.75, 3.05) is 0 Å². The molecule has 0 aliphatic heterocycles. The zero-order valence-corrected chi connectivity index (χ0v) is 13.0. The van der Waals surface area contributed by atoms with Crippen LogP contribution < -0.4 is 10.5 Å². The van der Waals surface area contributed by atoms with Crippen molar-refractivity contribution in [2.24, 2.45) is 5.73 Å². The van der Waals surface area contributed by atoms with Gasteiger partial charge in [0.15, 0.2) is 0 Å². The Kier molecular flexibility index (Phi) is 5.34. The zero-order chi connectivity index (χ0) is 15.2. The SMILES string of the molecule is CCC(C)c1ccccc1Oc1ccc(C(N)CC)nc1. The van der Waals surface area contributed by atoms with Crippen molar-refractivity contribution in [3.05, 3.63) is 53.9 Å². The molecule has 1 heterocycles. The van der Waals surface area contributed by atoms with Crippen molar-refractivity contribution in [2.45, 2.75) is 45.6 Å². The smallest absolute Gasteiger partial charge is 0.145 e. The van der Waals surface area contributed by atoms with Crippen LogP contribution in [-0.4, -0.2) is 4.98 Å². The second-order valence-corrected chi connectivity index (χ2v) is 5.38. The Hall–Kier alpha value is -1.87. The van der Waals surface area contributed by atoms with Gasteiger partial charge in [-0.25, -0.2) is 0 Å². The second-order valence-electron chi connectivity index (χ2n) is 5.38. The first-order valence-corrected chi connectivity index (χ1v) is 7.64. The highest BCUT2D eigenvalue weighted by molar-refractivity contribution is 5.39. The Labute approximate surface area is 127 Å². The molecule has 0 saturated carbocycles. The van der Waals surface area contributed by atoms with Crippen LogP contribution in [-0.2, 0) is 0 Å². The van der Waals surface area contributed by atoms with Gasteiger partial charge in [-0.15, -0.1) is 0 Å². The summed E-state index contributed by atoms with van der Waals surface area (Å²) < 4.78 is 6.00. The normalized spacial score (nSPS) is 13.7. The van der Waals surface area contributed by atoms with Crippen LogP contribution in [0.25, 0.3) is 0 Å². The van der Waals surface area contributed by atoms with Crippen LogP contribution in [0.5, 0.6) is 11.5 Å². The van der Waals surface area contributed by atoms with Gasteiger partial charge in [0.1, 0.15) is 11.5 Å². The molecule has 0 aliphatic rings. The third-order valence-electron chi connectivity index (χ3n) is 3.87. The average molecular weight is 284 g/mol. The monoisotopic (exact) mass is 284 g/mol. The predicted molar refractivity (Wildman–Crippen MR) is 86.7 cm³/mol. The van der Waals surface area contributed by atoms with Gasteiger partial charge in [0.25, 0.3) is 0 Å². The van der Waals surface area contributed by atoms with E-state index in [4.69, 9.17) is 10.5 Å². The van der Waals surface area contributed by atoms with Gasteiger partial charge in [0.05, 0.1) is 11.9 Å². The lowest BCUT2D eigenvalue weighted by molar-refractivity contribution is 0.467. The maximum Gasteiger partial charge on any atom is 0.145 e. The van der Waals surface area contributed by atoms with E-state index in [1.807, 2.05) is 24.3 Å². The molecule has 1 aromatic carbocycles. The maximum absolute atomic E-state index is 6.00. The number of nitrogens with two attached hydrogens (primary N) is 1. The molecule has 0 spiro atoms. The minimum Gasteiger partial charge on any atom is -0.455 e. The van der Waals surface area contributed by atoms with Crippen LogP contribution in [0, 0.1) is 0 Å². The van der Waals surface area contributed by atoms with Gasteiger partial charge < -0.3 is 10.5 Å². The molecule has 3 heteroatoms. The van der Waals surface area contributed by atoms with Crippen molar-refractivity contribution in [1.82, 2.24) is 4.98 Å². The molecule has 0 fully saturated rings. The maximum atomic E-state index is 6.00. The first kappa shape index (κ1) is 15.5. The molecule has 2 rings (SSSR count). The van der Waals surface area contributed by atoms with Crippen LogP contribution in [0.15, 0.2) is 42.6 Å². The molecular formula is C18H24N2O. The Morgan fingerprint density at radius 1 is 1.10 bits per heavy atom. The molecule has 2 aromatic rings. The number of aromatic nitrogens is 1. The first-order valence-electron chi connectivity index (χ1n) is 7.64. The number of para-hydroxylation sites is 1. The van der Waals surface area contributed by atoms with E-state index in [1.54, 1.807) is 6.20 Å². The number of hydrogen-bond acceptors (Lipinski definition) is 3. The standard InChI is InChI=1S/C18H24N2O/c1-4-13(3)15-8-6-7-9-18(15)21-14-10-11-17(20-12-14)16(19)5-2/h6-13,16H,4-5,19H2,1-3H3. The molecule has 3 nitrogen and oxygen atoms in total. The van der Waals surface area contributed by atoms with Crippen LogP contribution >= 0.6 is 0 Å². The summed E-state index contributed by atoms with van der Waals surface area (Å²) in [7, 11) is 0. The number of ether oxygens (including phenoxy) is 1. The molecule has 0 bridgehead atoms. The topological polar surface area (TPSA) is 48.1 Å². The Balaban J connectivity index is 2.19. The van der Waals surface area contributed by atoms with E-state index in [1.165, 1.54) is 5.56 Å². The summed E-state index contributed by atoms with van der Waals surface area (Å²) in [6, 6.07) is 12.0. The highest BCUT2D eigenvalue weighted by atomic mass is 16.5. The summed E-state index contributed by atoms with van der Waals surface area (Å²) in [6.45, 7) is 6.45. The minimum absolute atomic E-state index is 0.00792. The van der Waals surface area contributed by atoms with E-state index in [0.29, 0.717) is 5.92 Å². The van der Waals surface area contributed by atoms with E-state index < -0.39 is 0 Å². The largest absolute Gasteiger partial charge is 0.455 e. The summed E-state index contributed by atoms with van der Waals surface area (Å²) in [4.78, 5) is 4.39. The molecule has 21 heavy (non-hydrogen) atoms. The first-order chi connectivity index (χ1) is 10.2. The van der Waals surface area contributed by atoms with Gasteiger partial charge in [0.2, 0.25) is 0 Å². The molecular weight excluding hydrogens is 260 g/mol. The van der Waals surface area contributed by atoms with Crippen molar-refractivity contribution in [3.8, 4) is 11.5 Å². The number of pyridine rings is 1. The number of hydrogen-bond donors (Lipinski definition) is 1. The summed E-state index contributed by atoms with van der Waals surface area (Å²) >= 11 is 0. The molecule has 1 aromatic heterocycles. The number of benzene rings is 1. The van der Waals surface area contributed by atoms with Crippen LogP contribution in [0.2, 0.25) is 0 Å². The van der Waals surface area contributed by atoms with E-state index in [9.17, 15) is 0 Å². The quantitative estimate of drug-likeness (QED) is 0.829. The van der Waals surface area contributed by atoms with Gasteiger partial charge >= 0.3 is 0 Å². The molecule has 0 saturated heterocycles. The van der Waals surface area contributed by atoms with E-state index in [-0.39, 0.29) is 6.04 Å². The van der Waals surface area contributed by atoms with Gasteiger partial charge in [-0.05, 0) is 42.5 Å². The van der Waals surface area contributed by atoms with E-state index >= 15 is 0 Å². The lowest BCUT2D eigenvalue weighted by Crippen LogP contribution is -2.10. The lowest BCUT2D eigenvalue weighted by Gasteiger charge is -2.15. The molecule has 2 N–H and O–H groups in total. The van der Waals surface area contributed by atoms with E-state index in [2.05, 4.69) is 37.9 Å². The highest BCUT2D eigenvalue weighted by Gasteiger charge is 2.11. The predicted octanol–water partition coefficient (Wildman–Crippen LogP) is 4.80. The molecule has 112 valence electrons. The summed E-state index contributed by atoms with van der Waals surface area (Å²) in [5.41, 5.74) is 8.11. The lowest BCUT2D eigenvalue weighted by atomic mass is 9.98. The second kappa shape index (κ2) is 7.23. The van der Waals surface area contributed by atoms with Crippen LogP contribution in [0.4, 0.5) is 0 Å². The number of rotatable bonds is 6. The van der Waals surface area contributed by atoms with Crippen molar-refractivity contribution < 1.29 is 4.74 Å². The molecule has 0 amide bonds. The molecule has 0 aliphatic carbocycles. The summed E-state index contributed by atoms with van der Waals surface area (Å²) in [5.74, 6) is 2.13. The van der Waals surface area contributed by atoms with Crippen molar-refractivity contribution >= 4 is 0 Å². The fourth-order valence-electron chi connectivity index (χ4n) is 2.21. The Morgan fingerprint density at radius 2 is 1.86 bits per heavy atom. The van der Waals surface area contributed by atoms with Crippen LogP contribution in [0.1, 0.15) is 56.8 Å². The van der Waals surface area contributed by atoms with E-state index in [0.717, 1.165) is 30.0 Å². The highest BCUT2D eigenvalue weighted by Crippen LogP contribution is 2.31. The van der Waals surface area contributed by atoms with Gasteiger partial charge in [-0.3, -0.25) is 4.98 Å². The third kappa shape index (κ3) is 3.82. The van der Waals surface area contributed by atoms with Crippen molar-refractivity contribution in [1.29, 1.82) is 0 Å². The van der Waals surface area contributed by atoms with Crippen molar-refractivity contribution in [3.63, 3.8) is 0 Å². The Morgan fingerprint density at radius 3 is 2.48 bits per heavy atom. The van der Waals surface area contributed by atoms with Gasteiger partial charge in [0, 0.05) is 6.04 Å². The Bertz CT molecular complexity index is 566. The summed E-state index contributed by atoms with van der Waals surface area (Å²) in [6.07, 6.45) is 3.71. The van der Waals surface area contributed by atoms with Gasteiger partial charge in [-0.1, -0.05) is 39.0 Å². The molecule has 2 unspecified atom stereocenters. The minimum atomic E-state index is -0.00792. The third-order valence-corrected chi connectivity index (χ3v) is 3.87. The zero-order valence-electron chi connectivity index (χ0n) is 13.0.